The minimum Gasteiger partial charge on any atom is -0.383 e. The van der Waals surface area contributed by atoms with Gasteiger partial charge in [-0.15, -0.1) is 0 Å². The van der Waals surface area contributed by atoms with Gasteiger partial charge in [-0.2, -0.15) is 0 Å². The van der Waals surface area contributed by atoms with Crippen molar-refractivity contribution in [3.05, 3.63) is 66.2 Å². The fraction of sp³-hybridized carbons (Fsp3) is 0.520. The highest BCUT2D eigenvalue weighted by Gasteiger charge is 2.43. The SMILES string of the molecule is COCCN1CC[N+](c2ccccc2)(C(CN2CCNCC2)c2ccccc2)CC1. The van der Waals surface area contributed by atoms with Crippen molar-refractivity contribution < 1.29 is 4.74 Å². The van der Waals surface area contributed by atoms with Gasteiger partial charge in [0.05, 0.1) is 26.2 Å². The van der Waals surface area contributed by atoms with E-state index in [1.807, 2.05) is 0 Å². The molecule has 1 atom stereocenters. The second kappa shape index (κ2) is 10.5. The van der Waals surface area contributed by atoms with Gasteiger partial charge in [0, 0.05) is 58.5 Å². The zero-order valence-corrected chi connectivity index (χ0v) is 18.4. The van der Waals surface area contributed by atoms with Crippen LogP contribution in [-0.2, 0) is 4.74 Å². The highest BCUT2D eigenvalue weighted by Crippen LogP contribution is 2.37. The highest BCUT2D eigenvalue weighted by molar-refractivity contribution is 5.46. The normalized spacial score (nSPS) is 21.4. The molecule has 2 aliphatic heterocycles. The number of quaternary nitrogens is 1. The van der Waals surface area contributed by atoms with Gasteiger partial charge in [-0.25, -0.2) is 0 Å². The third-order valence-corrected chi connectivity index (χ3v) is 6.93. The Hall–Kier alpha value is -1.76. The summed E-state index contributed by atoms with van der Waals surface area (Å²) in [5.41, 5.74) is 2.91. The van der Waals surface area contributed by atoms with E-state index in [4.69, 9.17) is 4.74 Å². The largest absolute Gasteiger partial charge is 0.383 e. The van der Waals surface area contributed by atoms with Gasteiger partial charge in [-0.3, -0.25) is 14.3 Å². The van der Waals surface area contributed by atoms with Crippen molar-refractivity contribution in [2.24, 2.45) is 0 Å². The van der Waals surface area contributed by atoms with Crippen LogP contribution in [0.4, 0.5) is 5.69 Å². The molecule has 0 aromatic heterocycles. The van der Waals surface area contributed by atoms with E-state index in [9.17, 15) is 0 Å². The van der Waals surface area contributed by atoms with Gasteiger partial charge in [-0.1, -0.05) is 48.5 Å². The first kappa shape index (κ1) is 21.5. The number of nitrogens with one attached hydrogen (secondary N) is 1. The van der Waals surface area contributed by atoms with E-state index in [2.05, 4.69) is 75.8 Å². The number of nitrogens with zero attached hydrogens (tertiary/aromatic N) is 3. The maximum absolute atomic E-state index is 5.34. The van der Waals surface area contributed by atoms with E-state index in [1.54, 1.807) is 7.11 Å². The maximum atomic E-state index is 5.34. The van der Waals surface area contributed by atoms with Crippen LogP contribution in [0.1, 0.15) is 11.6 Å². The molecule has 1 N–H and O–H groups in total. The monoisotopic (exact) mass is 409 g/mol. The van der Waals surface area contributed by atoms with Gasteiger partial charge in [0.15, 0.2) is 0 Å². The molecule has 30 heavy (non-hydrogen) atoms. The molecule has 0 aliphatic carbocycles. The summed E-state index contributed by atoms with van der Waals surface area (Å²) in [6.07, 6.45) is 0. The summed E-state index contributed by atoms with van der Waals surface area (Å²) in [4.78, 5) is 5.23. The van der Waals surface area contributed by atoms with E-state index >= 15 is 0 Å². The summed E-state index contributed by atoms with van der Waals surface area (Å²) < 4.78 is 6.38. The van der Waals surface area contributed by atoms with Crippen LogP contribution in [0.25, 0.3) is 0 Å². The first-order valence-corrected chi connectivity index (χ1v) is 11.4. The van der Waals surface area contributed by atoms with Gasteiger partial charge in [-0.05, 0) is 12.1 Å². The van der Waals surface area contributed by atoms with Crippen LogP contribution in [0, 0.1) is 0 Å². The molecule has 5 nitrogen and oxygen atoms in total. The first-order chi connectivity index (χ1) is 14.8. The summed E-state index contributed by atoms with van der Waals surface area (Å²) in [6, 6.07) is 22.9. The Morgan fingerprint density at radius 2 is 1.50 bits per heavy atom. The molecule has 4 rings (SSSR count). The predicted octanol–water partition coefficient (Wildman–Crippen LogP) is 2.60. The van der Waals surface area contributed by atoms with Crippen molar-refractivity contribution in [3.63, 3.8) is 0 Å². The van der Waals surface area contributed by atoms with E-state index in [-0.39, 0.29) is 0 Å². The fourth-order valence-corrected chi connectivity index (χ4v) is 5.14. The van der Waals surface area contributed by atoms with E-state index in [1.165, 1.54) is 11.3 Å². The topological polar surface area (TPSA) is 27.7 Å². The molecule has 2 heterocycles. The van der Waals surface area contributed by atoms with Gasteiger partial charge in [0.25, 0.3) is 0 Å². The first-order valence-electron chi connectivity index (χ1n) is 11.4. The average molecular weight is 410 g/mol. The Labute approximate surface area is 181 Å². The zero-order chi connectivity index (χ0) is 20.7. The molecular formula is C25H37N4O+. The summed E-state index contributed by atoms with van der Waals surface area (Å²) in [6.45, 7) is 11.9. The van der Waals surface area contributed by atoms with Crippen LogP contribution in [0.15, 0.2) is 60.7 Å². The second-order valence-corrected chi connectivity index (χ2v) is 8.63. The van der Waals surface area contributed by atoms with Crippen molar-refractivity contribution in [1.29, 1.82) is 0 Å². The van der Waals surface area contributed by atoms with Crippen molar-refractivity contribution in [2.75, 3.05) is 79.2 Å². The Morgan fingerprint density at radius 3 is 2.13 bits per heavy atom. The average Bonchev–Trinajstić information content (AvgIpc) is 2.83. The molecule has 2 aromatic rings. The smallest absolute Gasteiger partial charge is 0.133 e. The fourth-order valence-electron chi connectivity index (χ4n) is 5.14. The van der Waals surface area contributed by atoms with E-state index in [0.29, 0.717) is 6.04 Å². The molecule has 0 amide bonds. The van der Waals surface area contributed by atoms with Gasteiger partial charge in [0.2, 0.25) is 0 Å². The number of methoxy groups -OCH3 is 1. The number of para-hydroxylation sites is 1. The Morgan fingerprint density at radius 1 is 0.867 bits per heavy atom. The number of benzene rings is 2. The minimum absolute atomic E-state index is 0.441. The molecule has 0 bridgehead atoms. The predicted molar refractivity (Wildman–Crippen MR) is 125 cm³/mol. The third-order valence-electron chi connectivity index (χ3n) is 6.93. The molecule has 5 heteroatoms. The van der Waals surface area contributed by atoms with Crippen molar-refractivity contribution in [3.8, 4) is 0 Å². The number of piperazine rings is 2. The standard InChI is InChI=1S/C25H37N4O/c1-30-21-18-27-16-19-29(20-17-27,24-10-6-3-7-11-24)25(23-8-4-2-5-9-23)22-28-14-12-26-13-15-28/h2-11,25-26H,12-22H2,1H3/q+1. The molecule has 162 valence electrons. The van der Waals surface area contributed by atoms with Crippen molar-refractivity contribution in [2.45, 2.75) is 6.04 Å². The summed E-state index contributed by atoms with van der Waals surface area (Å²) in [5.74, 6) is 0. The van der Waals surface area contributed by atoms with Crippen molar-refractivity contribution in [1.82, 2.24) is 19.6 Å². The molecule has 2 fully saturated rings. The molecule has 2 aromatic carbocycles. The summed E-state index contributed by atoms with van der Waals surface area (Å²) in [5, 5.41) is 3.51. The summed E-state index contributed by atoms with van der Waals surface area (Å²) >= 11 is 0. The zero-order valence-electron chi connectivity index (χ0n) is 18.4. The van der Waals surface area contributed by atoms with Crippen LogP contribution in [0.5, 0.6) is 0 Å². The molecule has 2 aliphatic rings. The third kappa shape index (κ3) is 4.93. The lowest BCUT2D eigenvalue weighted by Crippen LogP contribution is -2.64. The lowest BCUT2D eigenvalue weighted by molar-refractivity contribution is 0.0614. The Bertz CT molecular complexity index is 740. The van der Waals surface area contributed by atoms with Gasteiger partial charge in [0.1, 0.15) is 11.7 Å². The Kier molecular flexibility index (Phi) is 7.52. The van der Waals surface area contributed by atoms with Crippen LogP contribution in [0.2, 0.25) is 0 Å². The molecule has 0 radical (unpaired) electrons. The quantitative estimate of drug-likeness (QED) is 0.679. The number of hydrogen-bond acceptors (Lipinski definition) is 4. The maximum Gasteiger partial charge on any atom is 0.133 e. The van der Waals surface area contributed by atoms with Crippen LogP contribution >= 0.6 is 0 Å². The molecule has 1 unspecified atom stereocenters. The van der Waals surface area contributed by atoms with Gasteiger partial charge >= 0.3 is 0 Å². The van der Waals surface area contributed by atoms with E-state index in [0.717, 1.165) is 76.5 Å². The van der Waals surface area contributed by atoms with Crippen LogP contribution in [0.3, 0.4) is 0 Å². The lowest BCUT2D eigenvalue weighted by atomic mass is 9.97. The van der Waals surface area contributed by atoms with Crippen LogP contribution < -0.4 is 9.80 Å². The van der Waals surface area contributed by atoms with Gasteiger partial charge < -0.3 is 10.1 Å². The van der Waals surface area contributed by atoms with Crippen molar-refractivity contribution >= 4 is 5.69 Å². The molecule has 2 saturated heterocycles. The molecule has 0 saturated carbocycles. The molecule has 0 spiro atoms. The second-order valence-electron chi connectivity index (χ2n) is 8.63. The van der Waals surface area contributed by atoms with Crippen LogP contribution in [-0.4, -0.2) is 89.0 Å². The lowest BCUT2D eigenvalue weighted by Gasteiger charge is -2.50. The number of rotatable bonds is 8. The number of hydrogen-bond donors (Lipinski definition) is 1. The Balaban J connectivity index is 1.66. The summed E-state index contributed by atoms with van der Waals surface area (Å²) in [7, 11) is 1.80. The highest BCUT2D eigenvalue weighted by atomic mass is 16.5. The molecular weight excluding hydrogens is 372 g/mol. The number of ether oxygens (including phenoxy) is 1. The minimum atomic E-state index is 0.441. The van der Waals surface area contributed by atoms with E-state index < -0.39 is 0 Å².